The van der Waals surface area contributed by atoms with E-state index in [4.69, 9.17) is 27.9 Å². The highest BCUT2D eigenvalue weighted by molar-refractivity contribution is 6.34. The molecule has 0 aliphatic carbocycles. The van der Waals surface area contributed by atoms with Gasteiger partial charge in [0.15, 0.2) is 0 Å². The fourth-order valence-electron chi connectivity index (χ4n) is 2.51. The Labute approximate surface area is 178 Å². The van der Waals surface area contributed by atoms with E-state index in [0.717, 1.165) is 5.56 Å². The number of carbonyl (C=O) groups excluding carboxylic acids is 2. The Balaban J connectivity index is 1.82. The number of carbonyl (C=O) groups is 2. The zero-order chi connectivity index (χ0) is 20.6. The Bertz CT molecular complexity index is 1030. The topological polar surface area (TPSA) is 55.4 Å². The summed E-state index contributed by atoms with van der Waals surface area (Å²) < 4.78 is 5.37. The van der Waals surface area contributed by atoms with Gasteiger partial charge >= 0.3 is 5.97 Å². The Morgan fingerprint density at radius 1 is 0.862 bits per heavy atom. The summed E-state index contributed by atoms with van der Waals surface area (Å²) in [6.07, 6.45) is 1.53. The van der Waals surface area contributed by atoms with E-state index in [1.54, 1.807) is 48.5 Å². The Hall–Kier alpha value is -3.08. The molecule has 0 spiro atoms. The fourth-order valence-corrected chi connectivity index (χ4v) is 2.86. The molecule has 0 aliphatic rings. The third-order valence-electron chi connectivity index (χ3n) is 3.98. The first-order valence-corrected chi connectivity index (χ1v) is 9.53. The number of halogens is 2. The zero-order valence-electron chi connectivity index (χ0n) is 15.3. The summed E-state index contributed by atoms with van der Waals surface area (Å²) in [6.45, 7) is 0.0829. The van der Waals surface area contributed by atoms with Crippen LogP contribution in [0.15, 0.2) is 84.6 Å². The normalized spacial score (nSPS) is 11.0. The van der Waals surface area contributed by atoms with E-state index in [-0.39, 0.29) is 22.9 Å². The molecule has 0 saturated heterocycles. The van der Waals surface area contributed by atoms with Crippen molar-refractivity contribution in [3.05, 3.63) is 111 Å². The van der Waals surface area contributed by atoms with Crippen molar-refractivity contribution in [1.82, 2.24) is 5.32 Å². The fraction of sp³-hybridized carbons (Fsp3) is 0.0435. The van der Waals surface area contributed by atoms with Gasteiger partial charge in [0.25, 0.3) is 5.91 Å². The smallest absolute Gasteiger partial charge is 0.355 e. The van der Waals surface area contributed by atoms with E-state index >= 15 is 0 Å². The van der Waals surface area contributed by atoms with Crippen molar-refractivity contribution in [1.29, 1.82) is 0 Å². The van der Waals surface area contributed by atoms with E-state index in [2.05, 4.69) is 5.32 Å². The molecule has 0 fully saturated rings. The number of hydrogen-bond donors (Lipinski definition) is 1. The SMILES string of the molecule is O=C(OCc1ccccc1)C(=Cc1ccc(Cl)cc1)NC(=O)c1ccccc1Cl. The lowest BCUT2D eigenvalue weighted by Gasteiger charge is -2.11. The molecule has 0 unspecified atom stereocenters. The van der Waals surface area contributed by atoms with Crippen molar-refractivity contribution >= 4 is 41.2 Å². The monoisotopic (exact) mass is 425 g/mol. The maximum atomic E-state index is 12.7. The van der Waals surface area contributed by atoms with Crippen LogP contribution in [-0.2, 0) is 16.1 Å². The third-order valence-corrected chi connectivity index (χ3v) is 4.56. The van der Waals surface area contributed by atoms with Crippen molar-refractivity contribution in [2.24, 2.45) is 0 Å². The molecular formula is C23H17Cl2NO3. The summed E-state index contributed by atoms with van der Waals surface area (Å²) in [7, 11) is 0. The molecule has 0 atom stereocenters. The summed E-state index contributed by atoms with van der Waals surface area (Å²) in [4.78, 5) is 25.3. The highest BCUT2D eigenvalue weighted by atomic mass is 35.5. The average Bonchev–Trinajstić information content (AvgIpc) is 2.74. The van der Waals surface area contributed by atoms with Gasteiger partial charge in [-0.05, 0) is 41.5 Å². The van der Waals surface area contributed by atoms with Crippen molar-refractivity contribution in [2.75, 3.05) is 0 Å². The second-order valence-electron chi connectivity index (χ2n) is 6.11. The van der Waals surface area contributed by atoms with E-state index in [1.807, 2.05) is 30.3 Å². The van der Waals surface area contributed by atoms with Crippen LogP contribution in [0.5, 0.6) is 0 Å². The molecule has 0 saturated carbocycles. The second-order valence-corrected chi connectivity index (χ2v) is 6.95. The summed E-state index contributed by atoms with van der Waals surface area (Å²) in [5.41, 5.74) is 1.77. The minimum absolute atomic E-state index is 0.00632. The molecule has 0 aliphatic heterocycles. The molecule has 0 radical (unpaired) electrons. The first kappa shape index (κ1) is 20.6. The number of nitrogens with one attached hydrogen (secondary N) is 1. The minimum atomic E-state index is -0.663. The molecule has 1 N–H and O–H groups in total. The van der Waals surface area contributed by atoms with Crippen LogP contribution in [0.1, 0.15) is 21.5 Å². The highest BCUT2D eigenvalue weighted by Crippen LogP contribution is 2.17. The van der Waals surface area contributed by atoms with Crippen LogP contribution >= 0.6 is 23.2 Å². The summed E-state index contributed by atoms with van der Waals surface area (Å²) >= 11 is 12.0. The molecule has 0 heterocycles. The maximum absolute atomic E-state index is 12.7. The summed E-state index contributed by atoms with van der Waals surface area (Å²) in [5.74, 6) is -1.17. The molecule has 4 nitrogen and oxygen atoms in total. The number of benzene rings is 3. The Morgan fingerprint density at radius 2 is 1.52 bits per heavy atom. The molecule has 146 valence electrons. The molecule has 29 heavy (non-hydrogen) atoms. The first-order chi connectivity index (χ1) is 14.0. The molecular weight excluding hydrogens is 409 g/mol. The maximum Gasteiger partial charge on any atom is 0.355 e. The van der Waals surface area contributed by atoms with E-state index in [9.17, 15) is 9.59 Å². The lowest BCUT2D eigenvalue weighted by Crippen LogP contribution is -2.28. The second kappa shape index (κ2) is 9.92. The summed E-state index contributed by atoms with van der Waals surface area (Å²) in [5, 5.41) is 3.45. The first-order valence-electron chi connectivity index (χ1n) is 8.77. The molecule has 3 rings (SSSR count). The van der Waals surface area contributed by atoms with Gasteiger partial charge in [-0.15, -0.1) is 0 Å². The average molecular weight is 426 g/mol. The Kier molecular flexibility index (Phi) is 7.06. The number of ether oxygens (including phenoxy) is 1. The lowest BCUT2D eigenvalue weighted by molar-refractivity contribution is -0.140. The molecule has 3 aromatic carbocycles. The predicted molar refractivity (Wildman–Crippen MR) is 115 cm³/mol. The van der Waals surface area contributed by atoms with Gasteiger partial charge in [-0.3, -0.25) is 4.79 Å². The van der Waals surface area contributed by atoms with Crippen molar-refractivity contribution in [2.45, 2.75) is 6.61 Å². The quantitative estimate of drug-likeness (QED) is 0.418. The standard InChI is InChI=1S/C23H17Cl2NO3/c24-18-12-10-16(11-13-18)14-21(23(28)29-15-17-6-2-1-3-7-17)26-22(27)19-8-4-5-9-20(19)25/h1-14H,15H2,(H,26,27). The predicted octanol–water partition coefficient (Wildman–Crippen LogP) is 5.51. The van der Waals surface area contributed by atoms with Crippen molar-refractivity contribution < 1.29 is 14.3 Å². The van der Waals surface area contributed by atoms with E-state index in [0.29, 0.717) is 10.6 Å². The van der Waals surface area contributed by atoms with Gasteiger partial charge in [0, 0.05) is 5.02 Å². The van der Waals surface area contributed by atoms with Gasteiger partial charge in [-0.25, -0.2) is 4.79 Å². The largest absolute Gasteiger partial charge is 0.456 e. The number of esters is 1. The third kappa shape index (κ3) is 5.95. The van der Waals surface area contributed by atoms with Crippen LogP contribution < -0.4 is 5.32 Å². The number of hydrogen-bond acceptors (Lipinski definition) is 3. The van der Waals surface area contributed by atoms with Crippen LogP contribution in [0.2, 0.25) is 10.0 Å². The van der Waals surface area contributed by atoms with Crippen molar-refractivity contribution in [3.8, 4) is 0 Å². The van der Waals surface area contributed by atoms with Crippen LogP contribution in [-0.4, -0.2) is 11.9 Å². The molecule has 1 amide bonds. The molecule has 0 aromatic heterocycles. The molecule has 3 aromatic rings. The van der Waals surface area contributed by atoms with Crippen LogP contribution in [0, 0.1) is 0 Å². The van der Waals surface area contributed by atoms with E-state index < -0.39 is 11.9 Å². The Morgan fingerprint density at radius 3 is 2.21 bits per heavy atom. The minimum Gasteiger partial charge on any atom is -0.456 e. The van der Waals surface area contributed by atoms with Crippen LogP contribution in [0.4, 0.5) is 0 Å². The number of rotatable bonds is 6. The molecule has 0 bridgehead atoms. The van der Waals surface area contributed by atoms with E-state index in [1.165, 1.54) is 6.08 Å². The van der Waals surface area contributed by atoms with Crippen LogP contribution in [0.3, 0.4) is 0 Å². The molecule has 6 heteroatoms. The highest BCUT2D eigenvalue weighted by Gasteiger charge is 2.17. The zero-order valence-corrected chi connectivity index (χ0v) is 16.8. The van der Waals surface area contributed by atoms with Gasteiger partial charge in [-0.1, -0.05) is 77.8 Å². The van der Waals surface area contributed by atoms with Gasteiger partial charge < -0.3 is 10.1 Å². The van der Waals surface area contributed by atoms with Crippen molar-refractivity contribution in [3.63, 3.8) is 0 Å². The van der Waals surface area contributed by atoms with Gasteiger partial charge in [0.2, 0.25) is 0 Å². The van der Waals surface area contributed by atoms with Gasteiger partial charge in [-0.2, -0.15) is 0 Å². The van der Waals surface area contributed by atoms with Gasteiger partial charge in [0.1, 0.15) is 12.3 Å². The van der Waals surface area contributed by atoms with Gasteiger partial charge in [0.05, 0.1) is 10.6 Å². The van der Waals surface area contributed by atoms with Crippen LogP contribution in [0.25, 0.3) is 6.08 Å². The lowest BCUT2D eigenvalue weighted by atomic mass is 10.1. The summed E-state index contributed by atoms with van der Waals surface area (Å²) in [6, 6.07) is 22.7. The number of amides is 1.